The largest absolute Gasteiger partial charge is 0.416 e. The second-order valence-corrected chi connectivity index (χ2v) is 10.2. The lowest BCUT2D eigenvalue weighted by Gasteiger charge is -2.44. The lowest BCUT2D eigenvalue weighted by atomic mass is 9.69. The predicted molar refractivity (Wildman–Crippen MR) is 130 cm³/mol. The topological polar surface area (TPSA) is 90.5 Å². The van der Waals surface area contributed by atoms with Gasteiger partial charge in [0.25, 0.3) is 5.91 Å². The van der Waals surface area contributed by atoms with E-state index in [2.05, 4.69) is 16.0 Å². The number of amides is 2. The molecular weight excluding hydrogens is 528 g/mol. The van der Waals surface area contributed by atoms with Crippen LogP contribution >= 0.6 is 0 Å². The number of aliphatic hydroxyl groups excluding tert-OH is 1. The number of halogens is 6. The highest BCUT2D eigenvalue weighted by Crippen LogP contribution is 2.43. The van der Waals surface area contributed by atoms with E-state index in [4.69, 9.17) is 0 Å². The molecule has 0 radical (unpaired) electrons. The van der Waals surface area contributed by atoms with Crippen molar-refractivity contribution in [2.75, 3.05) is 19.6 Å². The van der Waals surface area contributed by atoms with Gasteiger partial charge >= 0.3 is 12.4 Å². The maximum Gasteiger partial charge on any atom is 0.416 e. The fourth-order valence-electron chi connectivity index (χ4n) is 5.68. The molecular formula is C27H29F6N3O3. The summed E-state index contributed by atoms with van der Waals surface area (Å²) in [6, 6.07) is 9.11. The van der Waals surface area contributed by atoms with E-state index in [1.54, 1.807) is 6.07 Å². The molecule has 1 saturated heterocycles. The van der Waals surface area contributed by atoms with Crippen molar-refractivity contribution in [3.8, 4) is 0 Å². The van der Waals surface area contributed by atoms with Gasteiger partial charge in [0.2, 0.25) is 5.91 Å². The molecule has 0 spiro atoms. The van der Waals surface area contributed by atoms with E-state index in [9.17, 15) is 41.0 Å². The van der Waals surface area contributed by atoms with Crippen LogP contribution in [0.3, 0.4) is 0 Å². The SMILES string of the molecule is O=C(CNC(=O)c1cccc(C(F)(F)F)c1)N[C@@]1(C2CCC(c3cccc(C(F)(F)F)c3)CC2)CNC[C@@H]1O. The summed E-state index contributed by atoms with van der Waals surface area (Å²) in [5, 5.41) is 19.0. The van der Waals surface area contributed by atoms with E-state index in [0.717, 1.165) is 18.2 Å². The lowest BCUT2D eigenvalue weighted by molar-refractivity contribution is -0.138. The molecule has 2 atom stereocenters. The molecule has 39 heavy (non-hydrogen) atoms. The van der Waals surface area contributed by atoms with Crippen LogP contribution in [0.2, 0.25) is 0 Å². The van der Waals surface area contributed by atoms with Gasteiger partial charge in [-0.2, -0.15) is 26.3 Å². The molecule has 212 valence electrons. The van der Waals surface area contributed by atoms with Gasteiger partial charge in [-0.05, 0) is 67.3 Å². The fourth-order valence-corrected chi connectivity index (χ4v) is 5.68. The van der Waals surface area contributed by atoms with Crippen molar-refractivity contribution in [1.82, 2.24) is 16.0 Å². The van der Waals surface area contributed by atoms with Gasteiger partial charge in [0, 0.05) is 18.7 Å². The highest BCUT2D eigenvalue weighted by atomic mass is 19.4. The Kier molecular flexibility index (Phi) is 8.27. The third-order valence-corrected chi connectivity index (χ3v) is 7.72. The smallest absolute Gasteiger partial charge is 0.389 e. The molecule has 6 nitrogen and oxygen atoms in total. The molecule has 2 amide bonds. The van der Waals surface area contributed by atoms with E-state index in [0.29, 0.717) is 37.3 Å². The van der Waals surface area contributed by atoms with Gasteiger partial charge in [-0.3, -0.25) is 9.59 Å². The number of hydrogen-bond acceptors (Lipinski definition) is 4. The number of benzene rings is 2. The minimum atomic E-state index is -4.62. The summed E-state index contributed by atoms with van der Waals surface area (Å²) in [5.41, 5.74) is -2.38. The molecule has 0 bridgehead atoms. The highest BCUT2D eigenvalue weighted by Gasteiger charge is 2.50. The maximum absolute atomic E-state index is 13.1. The van der Waals surface area contributed by atoms with Gasteiger partial charge < -0.3 is 21.1 Å². The average molecular weight is 558 g/mol. The predicted octanol–water partition coefficient (Wildman–Crippen LogP) is 4.25. The molecule has 1 aliphatic heterocycles. The van der Waals surface area contributed by atoms with Crippen molar-refractivity contribution in [3.63, 3.8) is 0 Å². The third-order valence-electron chi connectivity index (χ3n) is 7.72. The van der Waals surface area contributed by atoms with Gasteiger partial charge in [0.15, 0.2) is 0 Å². The van der Waals surface area contributed by atoms with Crippen LogP contribution in [0.1, 0.15) is 58.6 Å². The number of nitrogens with one attached hydrogen (secondary N) is 3. The fraction of sp³-hybridized carbons (Fsp3) is 0.481. The normalized spacial score (nSPS) is 25.8. The van der Waals surface area contributed by atoms with Crippen molar-refractivity contribution in [2.45, 2.75) is 55.6 Å². The third kappa shape index (κ3) is 6.55. The van der Waals surface area contributed by atoms with Crippen molar-refractivity contribution in [3.05, 3.63) is 70.8 Å². The molecule has 1 heterocycles. The zero-order valence-corrected chi connectivity index (χ0v) is 20.8. The van der Waals surface area contributed by atoms with Crippen LogP contribution in [0.25, 0.3) is 0 Å². The number of β-amino-alcohol motifs (C(OH)–C–C–N with tert-alkyl or cyclic N) is 1. The zero-order chi connectivity index (χ0) is 28.4. The van der Waals surface area contributed by atoms with E-state index in [1.807, 2.05) is 0 Å². The molecule has 2 aliphatic rings. The number of rotatable bonds is 6. The van der Waals surface area contributed by atoms with Crippen molar-refractivity contribution >= 4 is 11.8 Å². The summed E-state index contributed by atoms with van der Waals surface area (Å²) < 4.78 is 78.3. The summed E-state index contributed by atoms with van der Waals surface area (Å²) in [7, 11) is 0. The summed E-state index contributed by atoms with van der Waals surface area (Å²) in [6.07, 6.45) is -7.74. The molecule has 4 rings (SSSR count). The Morgan fingerprint density at radius 1 is 0.923 bits per heavy atom. The monoisotopic (exact) mass is 557 g/mol. The quantitative estimate of drug-likeness (QED) is 0.400. The van der Waals surface area contributed by atoms with Crippen molar-refractivity contribution in [2.24, 2.45) is 5.92 Å². The van der Waals surface area contributed by atoms with Crippen LogP contribution in [0, 0.1) is 5.92 Å². The van der Waals surface area contributed by atoms with Crippen LogP contribution in [-0.2, 0) is 17.1 Å². The molecule has 2 aromatic rings. The van der Waals surface area contributed by atoms with Crippen LogP contribution in [0.5, 0.6) is 0 Å². The summed E-state index contributed by atoms with van der Waals surface area (Å²) >= 11 is 0. The Hall–Kier alpha value is -3.12. The second-order valence-electron chi connectivity index (χ2n) is 10.2. The molecule has 1 saturated carbocycles. The number of hydrogen-bond donors (Lipinski definition) is 4. The van der Waals surface area contributed by atoms with Crippen LogP contribution in [0.15, 0.2) is 48.5 Å². The van der Waals surface area contributed by atoms with E-state index >= 15 is 0 Å². The van der Waals surface area contributed by atoms with Gasteiger partial charge in [0.1, 0.15) is 0 Å². The molecule has 12 heteroatoms. The van der Waals surface area contributed by atoms with E-state index in [-0.39, 0.29) is 30.5 Å². The molecule has 4 N–H and O–H groups in total. The molecule has 2 aromatic carbocycles. The first-order valence-corrected chi connectivity index (χ1v) is 12.6. The Morgan fingerprint density at radius 2 is 1.54 bits per heavy atom. The Bertz CT molecular complexity index is 1190. The minimum Gasteiger partial charge on any atom is -0.389 e. The number of carbonyl (C=O) groups is 2. The molecule has 0 aromatic heterocycles. The number of carbonyl (C=O) groups excluding carboxylic acids is 2. The van der Waals surface area contributed by atoms with Gasteiger partial charge in [0.05, 0.1) is 29.3 Å². The maximum atomic E-state index is 13.1. The van der Waals surface area contributed by atoms with Crippen LogP contribution < -0.4 is 16.0 Å². The Labute approximate surface area is 221 Å². The molecule has 2 fully saturated rings. The summed E-state index contributed by atoms with van der Waals surface area (Å²) in [4.78, 5) is 25.2. The molecule has 0 unspecified atom stereocenters. The summed E-state index contributed by atoms with van der Waals surface area (Å²) in [5.74, 6) is -1.72. The van der Waals surface area contributed by atoms with Crippen molar-refractivity contribution in [1.29, 1.82) is 0 Å². The van der Waals surface area contributed by atoms with Crippen molar-refractivity contribution < 1.29 is 41.0 Å². The van der Waals surface area contributed by atoms with E-state index < -0.39 is 53.5 Å². The Morgan fingerprint density at radius 3 is 2.13 bits per heavy atom. The first kappa shape index (κ1) is 28.9. The standard InChI is InChI=1S/C27H29F6N3O3/c28-26(29,30)20-5-1-3-17(11-20)16-7-9-19(10-8-16)25(15-34-13-22(25)37)36-23(38)14-35-24(39)18-4-2-6-21(12-18)27(31,32)33/h1-6,11-12,16,19,22,34,37H,7-10,13-15H2,(H,35,39)(H,36,38)/t16?,19?,22-,25+/m0/s1. The first-order chi connectivity index (χ1) is 18.3. The first-order valence-electron chi connectivity index (χ1n) is 12.6. The van der Waals surface area contributed by atoms with E-state index in [1.165, 1.54) is 18.2 Å². The molecule has 1 aliphatic carbocycles. The Balaban J connectivity index is 1.38. The number of aliphatic hydroxyl groups is 1. The van der Waals surface area contributed by atoms with Gasteiger partial charge in [-0.1, -0.05) is 24.3 Å². The lowest BCUT2D eigenvalue weighted by Crippen LogP contribution is -2.63. The number of alkyl halides is 6. The highest BCUT2D eigenvalue weighted by molar-refractivity contribution is 5.96. The second kappa shape index (κ2) is 11.2. The minimum absolute atomic E-state index is 0.0884. The zero-order valence-electron chi connectivity index (χ0n) is 20.8. The van der Waals surface area contributed by atoms with Gasteiger partial charge in [-0.15, -0.1) is 0 Å². The summed E-state index contributed by atoms with van der Waals surface area (Å²) in [6.45, 7) is -0.0199. The van der Waals surface area contributed by atoms with Gasteiger partial charge in [-0.25, -0.2) is 0 Å². The average Bonchev–Trinajstić information content (AvgIpc) is 3.27. The van der Waals surface area contributed by atoms with Crippen LogP contribution in [0.4, 0.5) is 26.3 Å². The van der Waals surface area contributed by atoms with Crippen LogP contribution in [-0.4, -0.2) is 48.2 Å².